The molecule has 0 bridgehead atoms. The van der Waals surface area contributed by atoms with Crippen molar-refractivity contribution >= 4 is 0 Å². The van der Waals surface area contributed by atoms with E-state index in [4.69, 9.17) is 0 Å². The van der Waals surface area contributed by atoms with Crippen molar-refractivity contribution in [2.45, 2.75) is 84.5 Å². The summed E-state index contributed by atoms with van der Waals surface area (Å²) in [6.07, 6.45) is 2.94. The van der Waals surface area contributed by atoms with Crippen LogP contribution in [-0.2, 0) is 23.2 Å². The topological polar surface area (TPSA) is 60.7 Å². The molecule has 0 radical (unpaired) electrons. The van der Waals surface area contributed by atoms with Gasteiger partial charge >= 0.3 is 0 Å². The average molecular weight is 308 g/mol. The largest absolute Gasteiger partial charge is 0.386 e. The fraction of sp³-hybridized carbons (Fsp3) is 0.684. The number of benzene rings is 1. The molecule has 0 amide bonds. The van der Waals surface area contributed by atoms with Gasteiger partial charge in [0.15, 0.2) is 0 Å². The van der Waals surface area contributed by atoms with E-state index in [1.807, 2.05) is 12.1 Å². The van der Waals surface area contributed by atoms with Gasteiger partial charge in [0.2, 0.25) is 0 Å². The molecule has 126 valence electrons. The van der Waals surface area contributed by atoms with Gasteiger partial charge in [0.05, 0.1) is 16.8 Å². The first kappa shape index (κ1) is 19.1. The molecule has 0 heterocycles. The van der Waals surface area contributed by atoms with Gasteiger partial charge in [-0.15, -0.1) is 0 Å². The Morgan fingerprint density at radius 2 is 1.14 bits per heavy atom. The monoisotopic (exact) mass is 308 g/mol. The van der Waals surface area contributed by atoms with Gasteiger partial charge in [0.25, 0.3) is 0 Å². The summed E-state index contributed by atoms with van der Waals surface area (Å²) in [7, 11) is 0. The summed E-state index contributed by atoms with van der Waals surface area (Å²) in [6.45, 7) is 12.5. The molecule has 0 spiro atoms. The predicted molar refractivity (Wildman–Crippen MR) is 90.8 cm³/mol. The lowest BCUT2D eigenvalue weighted by Crippen LogP contribution is -2.28. The van der Waals surface area contributed by atoms with Crippen LogP contribution in [0.25, 0.3) is 0 Å². The minimum atomic E-state index is -1.08. The van der Waals surface area contributed by atoms with E-state index >= 15 is 0 Å². The van der Waals surface area contributed by atoms with Crippen LogP contribution in [0.1, 0.15) is 83.6 Å². The quantitative estimate of drug-likeness (QED) is 0.751. The molecule has 0 aliphatic rings. The van der Waals surface area contributed by atoms with Crippen LogP contribution in [0.2, 0.25) is 0 Å². The minimum Gasteiger partial charge on any atom is -0.386 e. The highest BCUT2D eigenvalue weighted by Crippen LogP contribution is 2.37. The Balaban J connectivity index is 3.65. The number of aryl methyl sites for hydroxylation is 1. The van der Waals surface area contributed by atoms with Crippen molar-refractivity contribution in [3.8, 4) is 0 Å². The van der Waals surface area contributed by atoms with Gasteiger partial charge in [-0.2, -0.15) is 0 Å². The second kappa shape index (κ2) is 6.31. The lowest BCUT2D eigenvalue weighted by atomic mass is 9.79. The lowest BCUT2D eigenvalue weighted by molar-refractivity contribution is 0.0501. The van der Waals surface area contributed by atoms with Gasteiger partial charge in [0, 0.05) is 0 Å². The van der Waals surface area contributed by atoms with Gasteiger partial charge in [-0.1, -0.05) is 19.4 Å². The number of rotatable bonds is 6. The molecule has 0 aliphatic heterocycles. The van der Waals surface area contributed by atoms with E-state index in [1.54, 1.807) is 41.5 Å². The standard InChI is InChI=1S/C19H32O3/c1-8-9-10-13-11-15(18(4,5)21)16(19(6,7)22)12-14(13)17(2,3)20/h11-12,20-22H,8-10H2,1-7H3. The number of hydrogen-bond donors (Lipinski definition) is 3. The first-order valence-electron chi connectivity index (χ1n) is 8.14. The molecular formula is C19H32O3. The van der Waals surface area contributed by atoms with Crippen LogP contribution in [0, 0.1) is 0 Å². The van der Waals surface area contributed by atoms with E-state index in [0.29, 0.717) is 5.56 Å². The molecule has 1 rings (SSSR count). The van der Waals surface area contributed by atoms with Crippen LogP contribution in [-0.4, -0.2) is 15.3 Å². The Kier molecular flexibility index (Phi) is 5.49. The van der Waals surface area contributed by atoms with Crippen LogP contribution in [0.4, 0.5) is 0 Å². The molecule has 0 aromatic heterocycles. The van der Waals surface area contributed by atoms with Crippen LogP contribution in [0.5, 0.6) is 0 Å². The maximum atomic E-state index is 10.5. The third kappa shape index (κ3) is 4.55. The van der Waals surface area contributed by atoms with E-state index in [0.717, 1.165) is 36.0 Å². The highest BCUT2D eigenvalue weighted by molar-refractivity contribution is 5.45. The van der Waals surface area contributed by atoms with Crippen LogP contribution in [0.3, 0.4) is 0 Å². The Labute approximate surface area is 135 Å². The molecule has 3 heteroatoms. The summed E-state index contributed by atoms with van der Waals surface area (Å²) in [5.74, 6) is 0. The smallest absolute Gasteiger partial charge is 0.0844 e. The summed E-state index contributed by atoms with van der Waals surface area (Å²) in [4.78, 5) is 0. The van der Waals surface area contributed by atoms with Gasteiger partial charge in [0.1, 0.15) is 0 Å². The maximum Gasteiger partial charge on any atom is 0.0844 e. The van der Waals surface area contributed by atoms with Gasteiger partial charge in [-0.3, -0.25) is 0 Å². The summed E-state index contributed by atoms with van der Waals surface area (Å²) in [5.41, 5.74) is 0.135. The lowest BCUT2D eigenvalue weighted by Gasteiger charge is -2.32. The van der Waals surface area contributed by atoms with E-state index < -0.39 is 16.8 Å². The van der Waals surface area contributed by atoms with Crippen LogP contribution in [0.15, 0.2) is 12.1 Å². The van der Waals surface area contributed by atoms with Crippen molar-refractivity contribution in [2.24, 2.45) is 0 Å². The maximum absolute atomic E-state index is 10.5. The first-order chi connectivity index (χ1) is 9.78. The molecule has 1 aromatic rings. The zero-order valence-corrected chi connectivity index (χ0v) is 15.1. The number of unbranched alkanes of at least 4 members (excludes halogenated alkanes) is 1. The van der Waals surface area contributed by atoms with Crippen molar-refractivity contribution in [1.82, 2.24) is 0 Å². The fourth-order valence-electron chi connectivity index (χ4n) is 2.80. The van der Waals surface area contributed by atoms with E-state index in [-0.39, 0.29) is 0 Å². The Morgan fingerprint density at radius 1 is 0.727 bits per heavy atom. The Bertz CT molecular complexity index is 511. The SMILES string of the molecule is CCCCc1cc(C(C)(C)O)c(C(C)(C)O)cc1C(C)(C)O. The Hall–Kier alpha value is -0.900. The van der Waals surface area contributed by atoms with Crippen molar-refractivity contribution in [3.63, 3.8) is 0 Å². The third-order valence-corrected chi connectivity index (χ3v) is 4.02. The van der Waals surface area contributed by atoms with Crippen LogP contribution >= 0.6 is 0 Å². The molecular weight excluding hydrogens is 276 g/mol. The zero-order valence-electron chi connectivity index (χ0n) is 15.1. The second-order valence-electron chi connectivity index (χ2n) is 7.84. The second-order valence-corrected chi connectivity index (χ2v) is 7.84. The first-order valence-corrected chi connectivity index (χ1v) is 8.14. The molecule has 0 saturated heterocycles. The summed E-state index contributed by atoms with van der Waals surface area (Å²) in [6, 6.07) is 3.81. The normalized spacial score (nSPS) is 13.5. The van der Waals surface area contributed by atoms with Crippen molar-refractivity contribution < 1.29 is 15.3 Å². The molecule has 22 heavy (non-hydrogen) atoms. The van der Waals surface area contributed by atoms with Gasteiger partial charge < -0.3 is 15.3 Å². The van der Waals surface area contributed by atoms with Crippen molar-refractivity contribution in [2.75, 3.05) is 0 Å². The summed E-state index contributed by atoms with van der Waals surface area (Å²) in [5, 5.41) is 31.5. The minimum absolute atomic E-state index is 0.664. The average Bonchev–Trinajstić information content (AvgIpc) is 2.31. The summed E-state index contributed by atoms with van der Waals surface area (Å²) >= 11 is 0. The molecule has 0 unspecified atom stereocenters. The van der Waals surface area contributed by atoms with Crippen molar-refractivity contribution in [1.29, 1.82) is 0 Å². The number of aliphatic hydroxyl groups is 3. The van der Waals surface area contributed by atoms with Gasteiger partial charge in [-0.25, -0.2) is 0 Å². The number of hydrogen-bond acceptors (Lipinski definition) is 3. The highest BCUT2D eigenvalue weighted by atomic mass is 16.3. The van der Waals surface area contributed by atoms with E-state index in [2.05, 4.69) is 6.92 Å². The Morgan fingerprint density at radius 3 is 1.50 bits per heavy atom. The van der Waals surface area contributed by atoms with E-state index in [9.17, 15) is 15.3 Å². The van der Waals surface area contributed by atoms with E-state index in [1.165, 1.54) is 0 Å². The molecule has 0 atom stereocenters. The third-order valence-electron chi connectivity index (χ3n) is 4.02. The molecule has 0 fully saturated rings. The fourth-order valence-corrected chi connectivity index (χ4v) is 2.80. The molecule has 3 nitrogen and oxygen atoms in total. The summed E-state index contributed by atoms with van der Waals surface area (Å²) < 4.78 is 0. The van der Waals surface area contributed by atoms with Crippen LogP contribution < -0.4 is 0 Å². The molecule has 1 aromatic carbocycles. The highest BCUT2D eigenvalue weighted by Gasteiger charge is 2.31. The zero-order chi connectivity index (χ0) is 17.3. The molecule has 0 saturated carbocycles. The molecule has 3 N–H and O–H groups in total. The predicted octanol–water partition coefficient (Wildman–Crippen LogP) is 3.71. The van der Waals surface area contributed by atoms with Crippen molar-refractivity contribution in [3.05, 3.63) is 34.4 Å². The van der Waals surface area contributed by atoms with Gasteiger partial charge in [-0.05, 0) is 82.7 Å². The molecule has 0 aliphatic carbocycles.